The molecule has 3 rings (SSSR count). The van der Waals surface area contributed by atoms with Crippen LogP contribution in [0.2, 0.25) is 0 Å². The summed E-state index contributed by atoms with van der Waals surface area (Å²) in [5, 5.41) is 15.2. The van der Waals surface area contributed by atoms with Crippen molar-refractivity contribution in [1.29, 1.82) is 0 Å². The van der Waals surface area contributed by atoms with E-state index in [-0.39, 0.29) is 18.0 Å². The molecule has 0 bridgehead atoms. The number of nitrogens with one attached hydrogen (secondary N) is 1. The number of methoxy groups -OCH3 is 1. The van der Waals surface area contributed by atoms with Crippen LogP contribution in [-0.2, 0) is 11.2 Å². The van der Waals surface area contributed by atoms with Gasteiger partial charge in [0.2, 0.25) is 5.91 Å². The highest BCUT2D eigenvalue weighted by Gasteiger charge is 2.19. The van der Waals surface area contributed by atoms with Crippen LogP contribution in [0.1, 0.15) is 22.5 Å². The number of furan rings is 1. The van der Waals surface area contributed by atoms with Gasteiger partial charge >= 0.3 is 0 Å². The minimum Gasteiger partial charge on any atom is -0.497 e. The maximum atomic E-state index is 12.1. The summed E-state index contributed by atoms with van der Waals surface area (Å²) in [5.74, 6) is 0.787. The van der Waals surface area contributed by atoms with Gasteiger partial charge in [0.25, 0.3) is 5.69 Å². The Kier molecular flexibility index (Phi) is 6.26. The Balaban J connectivity index is 1.67. The lowest BCUT2D eigenvalue weighted by atomic mass is 10.0. The van der Waals surface area contributed by atoms with Crippen molar-refractivity contribution in [3.05, 3.63) is 81.1 Å². The van der Waals surface area contributed by atoms with Crippen LogP contribution in [-0.4, -0.2) is 24.2 Å². The largest absolute Gasteiger partial charge is 0.497 e. The van der Waals surface area contributed by atoms with E-state index in [9.17, 15) is 14.9 Å². The van der Waals surface area contributed by atoms with Gasteiger partial charge in [-0.2, -0.15) is 5.10 Å². The number of rotatable bonds is 7. The Morgan fingerprint density at radius 2 is 2.00 bits per heavy atom. The molecule has 0 spiro atoms. The fourth-order valence-electron chi connectivity index (χ4n) is 2.99. The lowest BCUT2D eigenvalue weighted by Crippen LogP contribution is -2.20. The van der Waals surface area contributed by atoms with E-state index in [1.54, 1.807) is 24.3 Å². The zero-order valence-corrected chi connectivity index (χ0v) is 16.8. The molecule has 0 atom stereocenters. The predicted molar refractivity (Wildman–Crippen MR) is 113 cm³/mol. The molecular formula is C22H21N3O5. The zero-order valence-electron chi connectivity index (χ0n) is 16.8. The van der Waals surface area contributed by atoms with E-state index in [4.69, 9.17) is 9.15 Å². The second-order valence-electron chi connectivity index (χ2n) is 6.74. The molecule has 0 radical (unpaired) electrons. The van der Waals surface area contributed by atoms with Gasteiger partial charge in [-0.1, -0.05) is 23.8 Å². The van der Waals surface area contributed by atoms with Gasteiger partial charge in [-0.25, -0.2) is 5.43 Å². The lowest BCUT2D eigenvalue weighted by molar-refractivity contribution is -0.384. The molecule has 154 valence electrons. The normalized spacial score (nSPS) is 10.9. The standard InChI is InChI=1S/C22H21N3O5/c1-14-4-5-16(15(2)10-14)11-22(26)24-23-13-18-7-9-21(30-18)19-8-6-17(29-3)12-20(19)25(27)28/h4-10,12-13H,11H2,1-3H3,(H,24,26)/b23-13-. The van der Waals surface area contributed by atoms with E-state index >= 15 is 0 Å². The summed E-state index contributed by atoms with van der Waals surface area (Å²) in [6.45, 7) is 3.96. The molecule has 8 nitrogen and oxygen atoms in total. The quantitative estimate of drug-likeness (QED) is 0.359. The third kappa shape index (κ3) is 4.91. The highest BCUT2D eigenvalue weighted by molar-refractivity contribution is 5.83. The zero-order chi connectivity index (χ0) is 21.7. The van der Waals surface area contributed by atoms with Crippen molar-refractivity contribution >= 4 is 17.8 Å². The number of aryl methyl sites for hydroxylation is 2. The number of nitrogens with zero attached hydrogens (tertiary/aromatic N) is 2. The fraction of sp³-hybridized carbons (Fsp3) is 0.182. The molecule has 0 fully saturated rings. The van der Waals surface area contributed by atoms with E-state index in [2.05, 4.69) is 10.5 Å². The van der Waals surface area contributed by atoms with E-state index in [1.807, 2.05) is 32.0 Å². The molecule has 0 saturated heterocycles. The molecule has 1 heterocycles. The van der Waals surface area contributed by atoms with Crippen molar-refractivity contribution in [2.24, 2.45) is 5.10 Å². The van der Waals surface area contributed by atoms with E-state index in [0.29, 0.717) is 22.8 Å². The first kappa shape index (κ1) is 20.8. The van der Waals surface area contributed by atoms with Crippen LogP contribution in [0.25, 0.3) is 11.3 Å². The molecule has 0 aliphatic heterocycles. The van der Waals surface area contributed by atoms with E-state index < -0.39 is 4.92 Å². The molecular weight excluding hydrogens is 386 g/mol. The van der Waals surface area contributed by atoms with Crippen molar-refractivity contribution in [3.63, 3.8) is 0 Å². The summed E-state index contributed by atoms with van der Waals surface area (Å²) in [5.41, 5.74) is 5.77. The second-order valence-corrected chi connectivity index (χ2v) is 6.74. The second kappa shape index (κ2) is 9.04. The number of amides is 1. The number of hydrogen-bond donors (Lipinski definition) is 1. The van der Waals surface area contributed by atoms with Crippen molar-refractivity contribution in [2.45, 2.75) is 20.3 Å². The number of carbonyl (C=O) groups excluding carboxylic acids is 1. The molecule has 1 N–H and O–H groups in total. The van der Waals surface area contributed by atoms with E-state index in [1.165, 1.54) is 19.4 Å². The number of benzene rings is 2. The van der Waals surface area contributed by atoms with Gasteiger partial charge in [0, 0.05) is 0 Å². The summed E-state index contributed by atoms with van der Waals surface area (Å²) >= 11 is 0. The Hall–Kier alpha value is -3.94. The SMILES string of the molecule is COc1ccc(-c2ccc(/C=N\NC(=O)Cc3ccc(C)cc3C)o2)c([N+](=O)[O-])c1. The summed E-state index contributed by atoms with van der Waals surface area (Å²) in [7, 11) is 1.44. The minimum absolute atomic E-state index is 0.131. The van der Waals surface area contributed by atoms with Crippen LogP contribution in [0.15, 0.2) is 58.0 Å². The average Bonchev–Trinajstić information content (AvgIpc) is 3.18. The number of nitro benzene ring substituents is 1. The van der Waals surface area contributed by atoms with Crippen molar-refractivity contribution in [3.8, 4) is 17.1 Å². The Labute approximate surface area is 173 Å². The van der Waals surface area contributed by atoms with Gasteiger partial charge in [-0.3, -0.25) is 14.9 Å². The van der Waals surface area contributed by atoms with Crippen LogP contribution in [0.3, 0.4) is 0 Å². The van der Waals surface area contributed by atoms with Gasteiger partial charge < -0.3 is 9.15 Å². The van der Waals surface area contributed by atoms with Gasteiger partial charge in [0.05, 0.1) is 36.3 Å². The maximum Gasteiger partial charge on any atom is 0.284 e. The smallest absolute Gasteiger partial charge is 0.284 e. The first-order valence-electron chi connectivity index (χ1n) is 9.18. The van der Waals surface area contributed by atoms with Crippen LogP contribution in [0, 0.1) is 24.0 Å². The van der Waals surface area contributed by atoms with Gasteiger partial charge in [0.1, 0.15) is 17.3 Å². The van der Waals surface area contributed by atoms with Crippen molar-refractivity contribution < 1.29 is 18.9 Å². The third-order valence-electron chi connectivity index (χ3n) is 4.52. The molecule has 3 aromatic rings. The van der Waals surface area contributed by atoms with Crippen molar-refractivity contribution in [1.82, 2.24) is 5.43 Å². The Bertz CT molecular complexity index is 1120. The molecule has 1 amide bonds. The molecule has 0 unspecified atom stereocenters. The van der Waals surface area contributed by atoms with Crippen LogP contribution >= 0.6 is 0 Å². The van der Waals surface area contributed by atoms with Crippen LogP contribution in [0.5, 0.6) is 5.75 Å². The van der Waals surface area contributed by atoms with Gasteiger partial charge in [-0.05, 0) is 49.2 Å². The summed E-state index contributed by atoms with van der Waals surface area (Å²) in [6.07, 6.45) is 1.56. The number of nitro groups is 1. The minimum atomic E-state index is -0.499. The lowest BCUT2D eigenvalue weighted by Gasteiger charge is -2.05. The summed E-state index contributed by atoms with van der Waals surface area (Å²) < 4.78 is 10.7. The molecule has 30 heavy (non-hydrogen) atoms. The fourth-order valence-corrected chi connectivity index (χ4v) is 2.99. The van der Waals surface area contributed by atoms with Gasteiger partial charge in [-0.15, -0.1) is 0 Å². The monoisotopic (exact) mass is 407 g/mol. The highest BCUT2D eigenvalue weighted by Crippen LogP contribution is 2.33. The number of hydrogen-bond acceptors (Lipinski definition) is 6. The summed E-state index contributed by atoms with van der Waals surface area (Å²) in [6, 6.07) is 13.6. The molecule has 0 aliphatic rings. The highest BCUT2D eigenvalue weighted by atomic mass is 16.6. The Morgan fingerprint density at radius 3 is 2.70 bits per heavy atom. The van der Waals surface area contributed by atoms with Gasteiger partial charge in [0.15, 0.2) is 0 Å². The predicted octanol–water partition coefficient (Wildman–Crippen LogP) is 4.17. The number of ether oxygens (including phenoxy) is 1. The first-order chi connectivity index (χ1) is 14.4. The topological polar surface area (TPSA) is 107 Å². The molecule has 8 heteroatoms. The summed E-state index contributed by atoms with van der Waals surface area (Å²) in [4.78, 5) is 22.9. The molecule has 0 aliphatic carbocycles. The average molecular weight is 407 g/mol. The number of carbonyl (C=O) groups is 1. The first-order valence-corrected chi connectivity index (χ1v) is 9.18. The Morgan fingerprint density at radius 1 is 1.20 bits per heavy atom. The maximum absolute atomic E-state index is 12.1. The third-order valence-corrected chi connectivity index (χ3v) is 4.52. The molecule has 2 aromatic carbocycles. The molecule has 1 aromatic heterocycles. The van der Waals surface area contributed by atoms with E-state index in [0.717, 1.165) is 16.7 Å². The number of hydrazone groups is 1. The van der Waals surface area contributed by atoms with Crippen LogP contribution in [0.4, 0.5) is 5.69 Å². The van der Waals surface area contributed by atoms with Crippen molar-refractivity contribution in [2.75, 3.05) is 7.11 Å². The molecule has 0 saturated carbocycles. The van der Waals surface area contributed by atoms with Crippen LogP contribution < -0.4 is 10.2 Å².